The molecule has 0 bridgehead atoms. The lowest BCUT2D eigenvalue weighted by Gasteiger charge is -2.12. The van der Waals surface area contributed by atoms with Crippen molar-refractivity contribution in [3.05, 3.63) is 72.6 Å². The lowest BCUT2D eigenvalue weighted by Crippen LogP contribution is -2.10. The first-order valence-corrected chi connectivity index (χ1v) is 9.66. The van der Waals surface area contributed by atoms with Crippen molar-refractivity contribution in [1.82, 2.24) is 4.98 Å². The Hall–Kier alpha value is -3.36. The predicted molar refractivity (Wildman–Crippen MR) is 112 cm³/mol. The third-order valence-electron chi connectivity index (χ3n) is 4.73. The maximum Gasteiger partial charge on any atom is 0.316 e. The quantitative estimate of drug-likeness (QED) is 0.471. The van der Waals surface area contributed by atoms with Crippen LogP contribution < -0.4 is 0 Å². The third-order valence-corrected chi connectivity index (χ3v) is 5.81. The molecular formula is C23H16N2O2S. The average molecular weight is 384 g/mol. The van der Waals surface area contributed by atoms with Crippen LogP contribution in [-0.2, 0) is 4.79 Å². The van der Waals surface area contributed by atoms with Crippen LogP contribution in [0.15, 0.2) is 71.9 Å². The van der Waals surface area contributed by atoms with Crippen molar-refractivity contribution in [3.8, 4) is 17.2 Å². The van der Waals surface area contributed by atoms with E-state index in [1.165, 1.54) is 11.8 Å². The first-order valence-electron chi connectivity index (χ1n) is 8.78. The maximum absolute atomic E-state index is 11.2. The van der Waals surface area contributed by atoms with E-state index in [0.717, 1.165) is 37.6 Å². The zero-order chi connectivity index (χ0) is 19.7. The molecule has 0 radical (unpaired) electrons. The number of carboxylic acid groups (broad SMARTS) is 1. The molecular weight excluding hydrogens is 368 g/mol. The molecule has 5 heteroatoms. The molecule has 4 rings (SSSR count). The van der Waals surface area contributed by atoms with Gasteiger partial charge in [0.1, 0.15) is 5.25 Å². The van der Waals surface area contributed by atoms with Crippen molar-refractivity contribution < 1.29 is 9.90 Å². The van der Waals surface area contributed by atoms with Gasteiger partial charge in [0, 0.05) is 33.6 Å². The van der Waals surface area contributed by atoms with Crippen LogP contribution in [0.2, 0.25) is 0 Å². The van der Waals surface area contributed by atoms with Crippen LogP contribution >= 0.6 is 11.8 Å². The predicted octanol–water partition coefficient (Wildman–Crippen LogP) is 5.49. The van der Waals surface area contributed by atoms with E-state index in [1.54, 1.807) is 13.1 Å². The van der Waals surface area contributed by atoms with Gasteiger partial charge in [-0.05, 0) is 41.5 Å². The molecule has 0 aliphatic heterocycles. The molecule has 0 saturated heterocycles. The van der Waals surface area contributed by atoms with Gasteiger partial charge in [-0.1, -0.05) is 36.4 Å². The summed E-state index contributed by atoms with van der Waals surface area (Å²) >= 11 is 1.32. The van der Waals surface area contributed by atoms with E-state index in [2.05, 4.69) is 11.1 Å². The monoisotopic (exact) mass is 384 g/mol. The topological polar surface area (TPSA) is 74.0 Å². The highest BCUT2D eigenvalue weighted by molar-refractivity contribution is 8.00. The molecule has 136 valence electrons. The van der Waals surface area contributed by atoms with Crippen LogP contribution in [0.25, 0.3) is 32.7 Å². The highest BCUT2D eigenvalue weighted by Crippen LogP contribution is 2.36. The molecule has 0 spiro atoms. The molecule has 0 saturated carbocycles. The number of pyridine rings is 1. The number of nitrogens with zero attached hydrogens (tertiary/aromatic N) is 2. The zero-order valence-corrected chi connectivity index (χ0v) is 15.9. The van der Waals surface area contributed by atoms with Crippen molar-refractivity contribution >= 4 is 39.3 Å². The van der Waals surface area contributed by atoms with E-state index in [-0.39, 0.29) is 0 Å². The zero-order valence-electron chi connectivity index (χ0n) is 15.1. The van der Waals surface area contributed by atoms with Gasteiger partial charge in [0.05, 0.1) is 11.6 Å². The summed E-state index contributed by atoms with van der Waals surface area (Å²) < 4.78 is 0. The van der Waals surface area contributed by atoms with E-state index < -0.39 is 11.2 Å². The minimum atomic E-state index is -0.835. The van der Waals surface area contributed by atoms with Crippen LogP contribution in [0.5, 0.6) is 0 Å². The molecule has 4 nitrogen and oxygen atoms in total. The van der Waals surface area contributed by atoms with Crippen molar-refractivity contribution in [3.63, 3.8) is 0 Å². The van der Waals surface area contributed by atoms with E-state index in [9.17, 15) is 15.2 Å². The van der Waals surface area contributed by atoms with Crippen molar-refractivity contribution in [2.45, 2.75) is 17.1 Å². The second-order valence-corrected chi connectivity index (χ2v) is 7.90. The van der Waals surface area contributed by atoms with Crippen molar-refractivity contribution in [2.75, 3.05) is 0 Å². The Labute approximate surface area is 166 Å². The number of rotatable bonds is 4. The smallest absolute Gasteiger partial charge is 0.316 e. The normalized spacial score (nSPS) is 12.0. The number of fused-ring (bicyclic) bond motifs is 2. The SMILES string of the molecule is CC(Sc1ccc2cncc(-c3ccc(C#N)c4ccccc34)c2c1)C(=O)O. The second kappa shape index (κ2) is 7.34. The second-order valence-electron chi connectivity index (χ2n) is 6.49. The largest absolute Gasteiger partial charge is 0.480 e. The van der Waals surface area contributed by atoms with Gasteiger partial charge in [-0.3, -0.25) is 9.78 Å². The highest BCUT2D eigenvalue weighted by atomic mass is 32.2. The summed E-state index contributed by atoms with van der Waals surface area (Å²) in [5, 5.41) is 22.0. The molecule has 1 unspecified atom stereocenters. The Kier molecular flexibility index (Phi) is 4.72. The highest BCUT2D eigenvalue weighted by Gasteiger charge is 2.15. The van der Waals surface area contributed by atoms with Gasteiger partial charge in [-0.25, -0.2) is 0 Å². The van der Waals surface area contributed by atoms with E-state index >= 15 is 0 Å². The van der Waals surface area contributed by atoms with Crippen LogP contribution in [0.1, 0.15) is 12.5 Å². The fraction of sp³-hybridized carbons (Fsp3) is 0.0870. The minimum Gasteiger partial charge on any atom is -0.480 e. The molecule has 0 amide bonds. The number of nitriles is 1. The summed E-state index contributed by atoms with van der Waals surface area (Å²) in [6.07, 6.45) is 3.63. The fourth-order valence-electron chi connectivity index (χ4n) is 3.32. The standard InChI is InChI=1S/C23H16N2O2S/c1-14(23(26)27)28-17-8-6-16-12-25-13-22(21(16)10-17)20-9-7-15(11-24)18-4-2-3-5-19(18)20/h2-10,12-14H,1H3,(H,26,27). The van der Waals surface area contributed by atoms with E-state index in [4.69, 9.17) is 0 Å². The van der Waals surface area contributed by atoms with Crippen LogP contribution in [-0.4, -0.2) is 21.3 Å². The summed E-state index contributed by atoms with van der Waals surface area (Å²) in [5.74, 6) is -0.835. The number of aromatic nitrogens is 1. The van der Waals surface area contributed by atoms with Gasteiger partial charge in [0.2, 0.25) is 0 Å². The molecule has 3 aromatic carbocycles. The Balaban J connectivity index is 1.93. The number of carbonyl (C=O) groups is 1. The first-order chi connectivity index (χ1) is 13.6. The number of thioether (sulfide) groups is 1. The number of carboxylic acids is 1. The summed E-state index contributed by atoms with van der Waals surface area (Å²) in [5.41, 5.74) is 2.60. The van der Waals surface area contributed by atoms with Crippen LogP contribution in [0, 0.1) is 11.3 Å². The Morgan fingerprint density at radius 1 is 1.04 bits per heavy atom. The lowest BCUT2D eigenvalue weighted by atomic mass is 9.93. The van der Waals surface area contributed by atoms with Gasteiger partial charge >= 0.3 is 5.97 Å². The van der Waals surface area contributed by atoms with E-state index in [1.807, 2.05) is 60.8 Å². The summed E-state index contributed by atoms with van der Waals surface area (Å²) in [6.45, 7) is 1.68. The molecule has 1 atom stereocenters. The molecule has 1 aromatic heterocycles. The summed E-state index contributed by atoms with van der Waals surface area (Å²) in [7, 11) is 0. The van der Waals surface area contributed by atoms with Crippen molar-refractivity contribution in [2.24, 2.45) is 0 Å². The van der Waals surface area contributed by atoms with Gasteiger partial charge in [0.15, 0.2) is 0 Å². The van der Waals surface area contributed by atoms with Crippen LogP contribution in [0.4, 0.5) is 0 Å². The first kappa shape index (κ1) is 18.0. The molecule has 1 N–H and O–H groups in total. The van der Waals surface area contributed by atoms with Crippen molar-refractivity contribution in [1.29, 1.82) is 5.26 Å². The van der Waals surface area contributed by atoms with Gasteiger partial charge in [-0.15, -0.1) is 11.8 Å². The van der Waals surface area contributed by atoms with Gasteiger partial charge in [-0.2, -0.15) is 5.26 Å². The number of hydrogen-bond acceptors (Lipinski definition) is 4. The third kappa shape index (κ3) is 3.19. The summed E-state index contributed by atoms with van der Waals surface area (Å²) in [4.78, 5) is 16.5. The van der Waals surface area contributed by atoms with Gasteiger partial charge in [0.25, 0.3) is 0 Å². The Morgan fingerprint density at radius 2 is 1.82 bits per heavy atom. The average Bonchev–Trinajstić information content (AvgIpc) is 2.72. The molecule has 0 fully saturated rings. The fourth-order valence-corrected chi connectivity index (χ4v) is 4.16. The van der Waals surface area contributed by atoms with E-state index in [0.29, 0.717) is 5.56 Å². The number of aliphatic carboxylic acids is 1. The Bertz CT molecular complexity index is 1260. The molecule has 0 aliphatic carbocycles. The molecule has 0 aliphatic rings. The minimum absolute atomic E-state index is 0.529. The number of hydrogen-bond donors (Lipinski definition) is 1. The van der Waals surface area contributed by atoms with Gasteiger partial charge < -0.3 is 5.11 Å². The molecule has 4 aromatic rings. The maximum atomic E-state index is 11.2. The summed E-state index contributed by atoms with van der Waals surface area (Å²) in [6, 6.07) is 19.8. The van der Waals surface area contributed by atoms with Crippen LogP contribution in [0.3, 0.4) is 0 Å². The number of benzene rings is 3. The molecule has 1 heterocycles. The Morgan fingerprint density at radius 3 is 2.57 bits per heavy atom. The molecule has 28 heavy (non-hydrogen) atoms. The lowest BCUT2D eigenvalue weighted by molar-refractivity contribution is -0.136.